The maximum atomic E-state index is 12.8. The van der Waals surface area contributed by atoms with Crippen LogP contribution in [0.3, 0.4) is 0 Å². The van der Waals surface area contributed by atoms with Gasteiger partial charge in [-0.2, -0.15) is 0 Å². The molecule has 106 valence electrons. The van der Waals surface area contributed by atoms with Crippen LogP contribution in [0.25, 0.3) is 0 Å². The van der Waals surface area contributed by atoms with E-state index in [0.717, 1.165) is 0 Å². The smallest absolute Gasteiger partial charge is 0.287 e. The maximum Gasteiger partial charge on any atom is 0.287 e. The second-order valence-corrected chi connectivity index (χ2v) is 5.12. The van der Waals surface area contributed by atoms with E-state index in [9.17, 15) is 14.3 Å². The number of carbonyl (C=O) groups is 1. The van der Waals surface area contributed by atoms with Gasteiger partial charge in [-0.1, -0.05) is 12.1 Å². The Morgan fingerprint density at radius 1 is 1.45 bits per heavy atom. The fraction of sp³-hybridized carbons (Fsp3) is 0.214. The van der Waals surface area contributed by atoms with Crippen molar-refractivity contribution in [2.45, 2.75) is 13.0 Å². The number of aliphatic hydroxyl groups excluding tert-OH is 1. The predicted molar refractivity (Wildman–Crippen MR) is 74.8 cm³/mol. The molecule has 2 rings (SSSR count). The Bertz CT molecular complexity index is 609. The highest BCUT2D eigenvalue weighted by Gasteiger charge is 2.16. The van der Waals surface area contributed by atoms with E-state index in [0.29, 0.717) is 15.8 Å². The maximum absolute atomic E-state index is 12.8. The Hall–Kier alpha value is -1.66. The second-order valence-electron chi connectivity index (χ2n) is 4.34. The van der Waals surface area contributed by atoms with Crippen molar-refractivity contribution < 1.29 is 18.7 Å². The van der Waals surface area contributed by atoms with Crippen molar-refractivity contribution >= 4 is 21.8 Å². The van der Waals surface area contributed by atoms with E-state index < -0.39 is 12.0 Å². The molecule has 0 bridgehead atoms. The van der Waals surface area contributed by atoms with Crippen LogP contribution in [0.4, 0.5) is 4.39 Å². The van der Waals surface area contributed by atoms with Crippen molar-refractivity contribution in [2.75, 3.05) is 6.54 Å². The van der Waals surface area contributed by atoms with Crippen LogP contribution in [0.2, 0.25) is 0 Å². The fourth-order valence-electron chi connectivity index (χ4n) is 1.74. The molecule has 0 saturated heterocycles. The van der Waals surface area contributed by atoms with Gasteiger partial charge >= 0.3 is 0 Å². The van der Waals surface area contributed by atoms with Crippen LogP contribution < -0.4 is 5.32 Å². The highest BCUT2D eigenvalue weighted by Crippen LogP contribution is 2.19. The molecule has 1 unspecified atom stereocenters. The van der Waals surface area contributed by atoms with Gasteiger partial charge in [-0.3, -0.25) is 4.79 Å². The molecule has 0 spiro atoms. The van der Waals surface area contributed by atoms with Crippen molar-refractivity contribution in [3.8, 4) is 0 Å². The molecule has 0 radical (unpaired) electrons. The molecule has 1 heterocycles. The Morgan fingerprint density at radius 2 is 2.10 bits per heavy atom. The molecule has 20 heavy (non-hydrogen) atoms. The van der Waals surface area contributed by atoms with Gasteiger partial charge < -0.3 is 14.8 Å². The standard InChI is InChI=1S/C14H13BrFNO3/c1-8-6-12(15)20-13(8)14(19)17-7-11(18)9-2-4-10(16)5-3-9/h2-6,11,18H,7H2,1H3,(H,17,19). The molecule has 1 aromatic heterocycles. The molecule has 2 N–H and O–H groups in total. The lowest BCUT2D eigenvalue weighted by atomic mass is 10.1. The van der Waals surface area contributed by atoms with Crippen LogP contribution in [0, 0.1) is 12.7 Å². The topological polar surface area (TPSA) is 62.5 Å². The summed E-state index contributed by atoms with van der Waals surface area (Å²) in [7, 11) is 0. The molecule has 1 aromatic carbocycles. The van der Waals surface area contributed by atoms with E-state index in [2.05, 4.69) is 21.2 Å². The molecule has 0 aliphatic carbocycles. The van der Waals surface area contributed by atoms with E-state index in [-0.39, 0.29) is 18.1 Å². The third-order valence-corrected chi connectivity index (χ3v) is 3.20. The van der Waals surface area contributed by atoms with Gasteiger partial charge in [0.15, 0.2) is 10.4 Å². The predicted octanol–water partition coefficient (Wildman–Crippen LogP) is 2.95. The Balaban J connectivity index is 1.96. The minimum atomic E-state index is -0.904. The van der Waals surface area contributed by atoms with Gasteiger partial charge in [0, 0.05) is 12.1 Å². The minimum Gasteiger partial charge on any atom is -0.444 e. The summed E-state index contributed by atoms with van der Waals surface area (Å²) in [4.78, 5) is 11.9. The summed E-state index contributed by atoms with van der Waals surface area (Å²) < 4.78 is 18.4. The molecule has 0 aliphatic rings. The van der Waals surface area contributed by atoms with E-state index in [1.54, 1.807) is 13.0 Å². The number of hydrogen-bond donors (Lipinski definition) is 2. The number of aliphatic hydroxyl groups is 1. The summed E-state index contributed by atoms with van der Waals surface area (Å²) in [5.74, 6) is -0.585. The second kappa shape index (κ2) is 6.19. The minimum absolute atomic E-state index is 0.0161. The summed E-state index contributed by atoms with van der Waals surface area (Å²) in [6, 6.07) is 7.15. The molecular weight excluding hydrogens is 329 g/mol. The van der Waals surface area contributed by atoms with Crippen LogP contribution >= 0.6 is 15.9 Å². The average molecular weight is 342 g/mol. The molecule has 1 amide bonds. The zero-order chi connectivity index (χ0) is 14.7. The first-order valence-electron chi connectivity index (χ1n) is 5.95. The number of carbonyl (C=O) groups excluding carboxylic acids is 1. The number of aryl methyl sites for hydroxylation is 1. The van der Waals surface area contributed by atoms with E-state index in [1.165, 1.54) is 24.3 Å². The van der Waals surface area contributed by atoms with Gasteiger partial charge in [0.25, 0.3) is 5.91 Å². The lowest BCUT2D eigenvalue weighted by Crippen LogP contribution is -2.28. The van der Waals surface area contributed by atoms with Crippen molar-refractivity contribution in [1.82, 2.24) is 5.32 Å². The van der Waals surface area contributed by atoms with Gasteiger partial charge in [0.1, 0.15) is 5.82 Å². The third-order valence-electron chi connectivity index (χ3n) is 2.80. The van der Waals surface area contributed by atoms with Gasteiger partial charge in [-0.05, 0) is 46.6 Å². The van der Waals surface area contributed by atoms with Crippen molar-refractivity contribution in [1.29, 1.82) is 0 Å². The first kappa shape index (κ1) is 14.7. The fourth-order valence-corrected chi connectivity index (χ4v) is 2.25. The van der Waals surface area contributed by atoms with Crippen LogP contribution in [0.5, 0.6) is 0 Å². The first-order valence-corrected chi connectivity index (χ1v) is 6.74. The quantitative estimate of drug-likeness (QED) is 0.898. The Labute approximate surface area is 123 Å². The number of hydrogen-bond acceptors (Lipinski definition) is 3. The zero-order valence-corrected chi connectivity index (χ0v) is 12.3. The molecule has 0 aliphatic heterocycles. The van der Waals surface area contributed by atoms with Crippen molar-refractivity contribution in [2.24, 2.45) is 0 Å². The number of halogens is 2. The lowest BCUT2D eigenvalue weighted by Gasteiger charge is -2.11. The molecular formula is C14H13BrFNO3. The summed E-state index contributed by atoms with van der Waals surface area (Å²) in [6.45, 7) is 1.77. The SMILES string of the molecule is Cc1cc(Br)oc1C(=O)NCC(O)c1ccc(F)cc1. The molecule has 2 aromatic rings. The highest BCUT2D eigenvalue weighted by molar-refractivity contribution is 9.10. The molecule has 1 atom stereocenters. The largest absolute Gasteiger partial charge is 0.444 e. The lowest BCUT2D eigenvalue weighted by molar-refractivity contribution is 0.0887. The van der Waals surface area contributed by atoms with Gasteiger partial charge in [-0.25, -0.2) is 4.39 Å². The van der Waals surface area contributed by atoms with Crippen LogP contribution in [-0.2, 0) is 0 Å². The normalized spacial score (nSPS) is 12.2. The average Bonchev–Trinajstić information content (AvgIpc) is 2.75. The van der Waals surface area contributed by atoms with Gasteiger partial charge in [0.05, 0.1) is 6.10 Å². The molecule has 0 fully saturated rings. The number of furan rings is 1. The Kier molecular flexibility index (Phi) is 4.57. The number of rotatable bonds is 4. The van der Waals surface area contributed by atoms with Gasteiger partial charge in [-0.15, -0.1) is 0 Å². The summed E-state index contributed by atoms with van der Waals surface area (Å²) in [5, 5.41) is 12.5. The molecule has 4 nitrogen and oxygen atoms in total. The van der Waals surface area contributed by atoms with E-state index >= 15 is 0 Å². The van der Waals surface area contributed by atoms with Crippen LogP contribution in [0.15, 0.2) is 39.4 Å². The number of amides is 1. The summed E-state index contributed by atoms with van der Waals surface area (Å²) in [5.41, 5.74) is 1.23. The Morgan fingerprint density at radius 3 is 2.65 bits per heavy atom. The van der Waals surface area contributed by atoms with E-state index in [1.807, 2.05) is 0 Å². The molecule has 6 heteroatoms. The van der Waals surface area contributed by atoms with Crippen LogP contribution in [-0.4, -0.2) is 17.6 Å². The number of benzene rings is 1. The molecule has 0 saturated carbocycles. The zero-order valence-electron chi connectivity index (χ0n) is 10.7. The first-order chi connectivity index (χ1) is 9.47. The summed E-state index contributed by atoms with van der Waals surface area (Å²) >= 11 is 3.14. The highest BCUT2D eigenvalue weighted by atomic mass is 79.9. The monoisotopic (exact) mass is 341 g/mol. The van der Waals surface area contributed by atoms with Gasteiger partial charge in [0.2, 0.25) is 0 Å². The number of nitrogens with one attached hydrogen (secondary N) is 1. The van der Waals surface area contributed by atoms with Crippen molar-refractivity contribution in [3.63, 3.8) is 0 Å². The van der Waals surface area contributed by atoms with Crippen LogP contribution in [0.1, 0.15) is 27.8 Å². The van der Waals surface area contributed by atoms with Crippen molar-refractivity contribution in [3.05, 3.63) is 57.7 Å². The summed E-state index contributed by atoms with van der Waals surface area (Å²) in [6.07, 6.45) is -0.904. The van der Waals surface area contributed by atoms with E-state index in [4.69, 9.17) is 4.42 Å². The third kappa shape index (κ3) is 3.46.